The lowest BCUT2D eigenvalue weighted by atomic mass is 10.0. The van der Waals surface area contributed by atoms with E-state index in [1.807, 2.05) is 20.2 Å². The Kier molecular flexibility index (Phi) is 3.52. The highest BCUT2D eigenvalue weighted by Gasteiger charge is 2.21. The molecule has 0 spiro atoms. The van der Waals surface area contributed by atoms with Gasteiger partial charge in [-0.1, -0.05) is 0 Å². The van der Waals surface area contributed by atoms with Crippen LogP contribution in [-0.4, -0.2) is 38.6 Å². The fourth-order valence-corrected chi connectivity index (χ4v) is 2.34. The van der Waals surface area contributed by atoms with Crippen LogP contribution in [0.1, 0.15) is 12.0 Å². The highest BCUT2D eigenvalue weighted by Crippen LogP contribution is 2.31. The number of fused-ring (bicyclic) bond motifs is 1. The van der Waals surface area contributed by atoms with E-state index in [0.717, 1.165) is 43.7 Å². The van der Waals surface area contributed by atoms with E-state index >= 15 is 0 Å². The molecule has 0 saturated heterocycles. The lowest BCUT2D eigenvalue weighted by Crippen LogP contribution is -2.36. The van der Waals surface area contributed by atoms with Crippen LogP contribution >= 0.6 is 0 Å². The number of aryl methyl sites for hydroxylation is 1. The van der Waals surface area contributed by atoms with Crippen molar-refractivity contribution in [2.45, 2.75) is 12.8 Å². The quantitative estimate of drug-likeness (QED) is 0.813. The van der Waals surface area contributed by atoms with Gasteiger partial charge >= 0.3 is 0 Å². The Labute approximate surface area is 102 Å². The van der Waals surface area contributed by atoms with Crippen molar-refractivity contribution in [1.29, 1.82) is 0 Å². The van der Waals surface area contributed by atoms with Crippen molar-refractivity contribution in [2.75, 3.05) is 44.4 Å². The molecule has 0 atom stereocenters. The summed E-state index contributed by atoms with van der Waals surface area (Å²) in [5.74, 6) is -0.182. The van der Waals surface area contributed by atoms with Gasteiger partial charge in [0.1, 0.15) is 5.82 Å². The lowest BCUT2D eigenvalue weighted by molar-refractivity contribution is 0.410. The summed E-state index contributed by atoms with van der Waals surface area (Å²) in [6.45, 7) is 2.73. The second-order valence-corrected chi connectivity index (χ2v) is 4.90. The number of nitrogen functional groups attached to an aromatic ring is 1. The molecule has 94 valence electrons. The molecule has 0 fully saturated rings. The molecule has 4 heteroatoms. The first kappa shape index (κ1) is 12.2. The minimum Gasteiger partial charge on any atom is -0.399 e. The van der Waals surface area contributed by atoms with E-state index in [9.17, 15) is 4.39 Å². The van der Waals surface area contributed by atoms with Gasteiger partial charge in [-0.05, 0) is 44.6 Å². The van der Waals surface area contributed by atoms with Crippen molar-refractivity contribution in [1.82, 2.24) is 4.90 Å². The van der Waals surface area contributed by atoms with E-state index in [1.54, 1.807) is 0 Å². The summed E-state index contributed by atoms with van der Waals surface area (Å²) in [7, 11) is 4.06. The Morgan fingerprint density at radius 2 is 2.18 bits per heavy atom. The van der Waals surface area contributed by atoms with Gasteiger partial charge in [0.2, 0.25) is 0 Å². The second-order valence-electron chi connectivity index (χ2n) is 4.90. The summed E-state index contributed by atoms with van der Waals surface area (Å²) in [6.07, 6.45) is 2.00. The molecule has 3 nitrogen and oxygen atoms in total. The van der Waals surface area contributed by atoms with Gasteiger partial charge in [0.05, 0.1) is 5.69 Å². The monoisotopic (exact) mass is 237 g/mol. The summed E-state index contributed by atoms with van der Waals surface area (Å²) in [4.78, 5) is 4.25. The third-order valence-corrected chi connectivity index (χ3v) is 3.17. The van der Waals surface area contributed by atoms with Crippen LogP contribution in [0.2, 0.25) is 0 Å². The molecule has 1 heterocycles. The van der Waals surface area contributed by atoms with Gasteiger partial charge in [-0.3, -0.25) is 0 Å². The summed E-state index contributed by atoms with van der Waals surface area (Å²) in [5.41, 5.74) is 8.01. The minimum absolute atomic E-state index is 0.182. The second kappa shape index (κ2) is 4.92. The van der Waals surface area contributed by atoms with Crippen LogP contribution < -0.4 is 10.6 Å². The zero-order valence-electron chi connectivity index (χ0n) is 10.5. The number of likely N-dealkylation sites (N-methyl/N-ethyl adjacent to an activating group) is 1. The standard InChI is InChI=1S/C13H20FN3/c1-16(2)6-7-17-5-3-4-10-8-11(15)9-12(14)13(10)17/h8-9H,3-7,15H2,1-2H3. The van der Waals surface area contributed by atoms with Gasteiger partial charge in [-0.2, -0.15) is 0 Å². The zero-order valence-corrected chi connectivity index (χ0v) is 10.5. The first-order valence-electron chi connectivity index (χ1n) is 6.05. The van der Waals surface area contributed by atoms with E-state index in [1.165, 1.54) is 6.07 Å². The van der Waals surface area contributed by atoms with Crippen LogP contribution in [0.15, 0.2) is 12.1 Å². The molecular weight excluding hydrogens is 217 g/mol. The minimum atomic E-state index is -0.182. The summed E-state index contributed by atoms with van der Waals surface area (Å²) in [5, 5.41) is 0. The fraction of sp³-hybridized carbons (Fsp3) is 0.538. The number of hydrogen-bond acceptors (Lipinski definition) is 3. The molecule has 0 bridgehead atoms. The zero-order chi connectivity index (χ0) is 12.4. The highest BCUT2D eigenvalue weighted by atomic mass is 19.1. The van der Waals surface area contributed by atoms with Crippen LogP contribution in [0.4, 0.5) is 15.8 Å². The smallest absolute Gasteiger partial charge is 0.148 e. The number of rotatable bonds is 3. The number of nitrogens with zero attached hydrogens (tertiary/aromatic N) is 2. The van der Waals surface area contributed by atoms with Crippen LogP contribution in [0.5, 0.6) is 0 Å². The van der Waals surface area contributed by atoms with Crippen molar-refractivity contribution in [2.24, 2.45) is 0 Å². The van der Waals surface area contributed by atoms with E-state index < -0.39 is 0 Å². The van der Waals surface area contributed by atoms with Crippen LogP contribution in [0.3, 0.4) is 0 Å². The molecule has 2 N–H and O–H groups in total. The fourth-order valence-electron chi connectivity index (χ4n) is 2.34. The summed E-state index contributed by atoms with van der Waals surface area (Å²) >= 11 is 0. The lowest BCUT2D eigenvalue weighted by Gasteiger charge is -2.32. The van der Waals surface area contributed by atoms with Gasteiger partial charge < -0.3 is 15.5 Å². The maximum Gasteiger partial charge on any atom is 0.148 e. The number of hydrogen-bond donors (Lipinski definition) is 1. The van der Waals surface area contributed by atoms with E-state index in [4.69, 9.17) is 5.73 Å². The maximum absolute atomic E-state index is 14.0. The van der Waals surface area contributed by atoms with Crippen molar-refractivity contribution in [3.05, 3.63) is 23.5 Å². The molecule has 17 heavy (non-hydrogen) atoms. The normalized spacial score (nSPS) is 15.2. The van der Waals surface area contributed by atoms with Crippen LogP contribution in [0, 0.1) is 5.82 Å². The first-order chi connectivity index (χ1) is 8.08. The molecule has 1 aliphatic rings. The van der Waals surface area contributed by atoms with Crippen molar-refractivity contribution < 1.29 is 4.39 Å². The maximum atomic E-state index is 14.0. The van der Waals surface area contributed by atoms with Gasteiger partial charge in [-0.15, -0.1) is 0 Å². The molecule has 1 aromatic carbocycles. The number of halogens is 1. The molecule has 0 amide bonds. The van der Waals surface area contributed by atoms with Gasteiger partial charge in [0, 0.05) is 25.3 Å². The number of nitrogens with two attached hydrogens (primary N) is 1. The van der Waals surface area contributed by atoms with E-state index in [0.29, 0.717) is 5.69 Å². The third kappa shape index (κ3) is 2.69. The van der Waals surface area contributed by atoms with Gasteiger partial charge in [-0.25, -0.2) is 4.39 Å². The molecule has 0 aromatic heterocycles. The molecule has 0 radical (unpaired) electrons. The molecular formula is C13H20FN3. The Balaban J connectivity index is 2.24. The SMILES string of the molecule is CN(C)CCN1CCCc2cc(N)cc(F)c21. The Bertz CT molecular complexity index is 404. The predicted molar refractivity (Wildman–Crippen MR) is 69.9 cm³/mol. The molecule has 1 aromatic rings. The number of anilines is 2. The van der Waals surface area contributed by atoms with E-state index in [-0.39, 0.29) is 5.82 Å². The summed E-state index contributed by atoms with van der Waals surface area (Å²) < 4.78 is 14.0. The summed E-state index contributed by atoms with van der Waals surface area (Å²) in [6, 6.07) is 3.33. The topological polar surface area (TPSA) is 32.5 Å². The van der Waals surface area contributed by atoms with E-state index in [2.05, 4.69) is 9.80 Å². The molecule has 0 saturated carbocycles. The van der Waals surface area contributed by atoms with Crippen molar-refractivity contribution in [3.8, 4) is 0 Å². The molecule has 0 aliphatic carbocycles. The van der Waals surface area contributed by atoms with Crippen molar-refractivity contribution >= 4 is 11.4 Å². The Morgan fingerprint density at radius 1 is 1.41 bits per heavy atom. The molecule has 1 aliphatic heterocycles. The largest absolute Gasteiger partial charge is 0.399 e. The van der Waals surface area contributed by atoms with Gasteiger partial charge in [0.15, 0.2) is 0 Å². The van der Waals surface area contributed by atoms with Gasteiger partial charge in [0.25, 0.3) is 0 Å². The molecule has 0 unspecified atom stereocenters. The average Bonchev–Trinajstić information content (AvgIpc) is 2.25. The number of benzene rings is 1. The van der Waals surface area contributed by atoms with Crippen LogP contribution in [0.25, 0.3) is 0 Å². The highest BCUT2D eigenvalue weighted by molar-refractivity contribution is 5.62. The van der Waals surface area contributed by atoms with Crippen LogP contribution in [-0.2, 0) is 6.42 Å². The molecule has 2 rings (SSSR count). The van der Waals surface area contributed by atoms with Crippen molar-refractivity contribution in [3.63, 3.8) is 0 Å². The first-order valence-corrected chi connectivity index (χ1v) is 6.05. The average molecular weight is 237 g/mol. The predicted octanol–water partition coefficient (Wildman–Crippen LogP) is 1.72. The third-order valence-electron chi connectivity index (χ3n) is 3.17. The Hall–Kier alpha value is -1.29. The Morgan fingerprint density at radius 3 is 2.88 bits per heavy atom.